The number of nitrogens with two attached hydrogens (primary N) is 1. The Kier molecular flexibility index (Phi) is 3.66. The van der Waals surface area contributed by atoms with Crippen LogP contribution in [0.15, 0.2) is 12.1 Å². The molecule has 1 unspecified atom stereocenters. The maximum atomic E-state index is 13.0. The first-order valence-corrected chi connectivity index (χ1v) is 4.73. The summed E-state index contributed by atoms with van der Waals surface area (Å²) in [6.07, 6.45) is 0.140. The minimum absolute atomic E-state index is 0.0186. The van der Waals surface area contributed by atoms with Crippen LogP contribution in [0.2, 0.25) is 5.02 Å². The van der Waals surface area contributed by atoms with Crippen LogP contribution in [0.4, 0.5) is 4.39 Å². The predicted molar refractivity (Wildman–Crippen MR) is 55.5 cm³/mol. The van der Waals surface area contributed by atoms with Gasteiger partial charge in [0.1, 0.15) is 11.9 Å². The number of halogens is 2. The van der Waals surface area contributed by atoms with Gasteiger partial charge < -0.3 is 10.8 Å². The summed E-state index contributed by atoms with van der Waals surface area (Å²) in [4.78, 5) is 10.5. The summed E-state index contributed by atoms with van der Waals surface area (Å²) in [5.41, 5.74) is 6.55. The van der Waals surface area contributed by atoms with Crippen LogP contribution < -0.4 is 5.73 Å². The maximum absolute atomic E-state index is 13.0. The molecule has 82 valence electrons. The molecule has 0 aliphatic rings. The number of carbonyl (C=O) groups is 1. The zero-order valence-corrected chi connectivity index (χ0v) is 8.88. The summed E-state index contributed by atoms with van der Waals surface area (Å²) >= 11 is 5.68. The van der Waals surface area contributed by atoms with Gasteiger partial charge in [-0.3, -0.25) is 4.79 Å². The van der Waals surface area contributed by atoms with E-state index in [9.17, 15) is 9.18 Å². The van der Waals surface area contributed by atoms with E-state index in [0.717, 1.165) is 0 Å². The highest BCUT2D eigenvalue weighted by Gasteiger charge is 2.15. The Hall–Kier alpha value is -1.13. The number of rotatable bonds is 3. The van der Waals surface area contributed by atoms with Crippen LogP contribution in [0.25, 0.3) is 0 Å². The lowest BCUT2D eigenvalue weighted by molar-refractivity contribution is -0.138. The summed E-state index contributed by atoms with van der Waals surface area (Å²) in [5.74, 6) is -1.60. The van der Waals surface area contributed by atoms with Crippen LogP contribution in [0.1, 0.15) is 11.1 Å². The highest BCUT2D eigenvalue weighted by atomic mass is 35.5. The first-order chi connectivity index (χ1) is 6.93. The minimum Gasteiger partial charge on any atom is -0.480 e. The molecular weight excluding hydrogens is 221 g/mol. The second-order valence-electron chi connectivity index (χ2n) is 3.29. The molecule has 1 atom stereocenters. The van der Waals surface area contributed by atoms with Gasteiger partial charge in [0.2, 0.25) is 0 Å². The van der Waals surface area contributed by atoms with Gasteiger partial charge in [-0.1, -0.05) is 17.7 Å². The predicted octanol–water partition coefficient (Wildman–Crippen LogP) is 1.74. The van der Waals surface area contributed by atoms with E-state index in [1.54, 1.807) is 6.92 Å². The Labute approximate surface area is 91.7 Å². The molecule has 0 radical (unpaired) electrons. The number of hydrogen-bond acceptors (Lipinski definition) is 2. The molecule has 0 amide bonds. The smallest absolute Gasteiger partial charge is 0.320 e. The molecule has 1 aromatic carbocycles. The van der Waals surface area contributed by atoms with Crippen LogP contribution in [0.3, 0.4) is 0 Å². The first kappa shape index (κ1) is 11.9. The quantitative estimate of drug-likeness (QED) is 0.833. The van der Waals surface area contributed by atoms with Crippen molar-refractivity contribution < 1.29 is 14.3 Å². The van der Waals surface area contributed by atoms with Crippen molar-refractivity contribution in [2.24, 2.45) is 5.73 Å². The standard InChI is InChI=1S/C10H11ClFNO2/c1-5-6(4-8(13)10(14)15)2-3-7(12)9(5)11/h2-3,8H,4,13H2,1H3,(H,14,15). The van der Waals surface area contributed by atoms with Crippen molar-refractivity contribution in [2.45, 2.75) is 19.4 Å². The molecule has 0 saturated carbocycles. The second kappa shape index (κ2) is 4.59. The van der Waals surface area contributed by atoms with E-state index in [1.807, 2.05) is 0 Å². The number of aliphatic carboxylic acids is 1. The zero-order chi connectivity index (χ0) is 11.6. The monoisotopic (exact) mass is 231 g/mol. The van der Waals surface area contributed by atoms with Gasteiger partial charge in [-0.2, -0.15) is 0 Å². The van der Waals surface area contributed by atoms with E-state index >= 15 is 0 Å². The SMILES string of the molecule is Cc1c(CC(N)C(=O)O)ccc(F)c1Cl. The summed E-state index contributed by atoms with van der Waals surface area (Å²) in [6.45, 7) is 1.63. The highest BCUT2D eigenvalue weighted by molar-refractivity contribution is 6.31. The van der Waals surface area contributed by atoms with Gasteiger partial charge in [0, 0.05) is 0 Å². The first-order valence-electron chi connectivity index (χ1n) is 4.35. The Morgan fingerprint density at radius 3 is 2.80 bits per heavy atom. The maximum Gasteiger partial charge on any atom is 0.320 e. The van der Waals surface area contributed by atoms with Crippen LogP contribution in [-0.2, 0) is 11.2 Å². The zero-order valence-electron chi connectivity index (χ0n) is 8.13. The van der Waals surface area contributed by atoms with Gasteiger partial charge in [-0.15, -0.1) is 0 Å². The molecule has 0 aliphatic carbocycles. The Morgan fingerprint density at radius 2 is 2.27 bits per heavy atom. The Balaban J connectivity index is 2.97. The highest BCUT2D eigenvalue weighted by Crippen LogP contribution is 2.23. The van der Waals surface area contributed by atoms with E-state index in [-0.39, 0.29) is 11.4 Å². The van der Waals surface area contributed by atoms with E-state index in [2.05, 4.69) is 0 Å². The molecule has 0 saturated heterocycles. The third-order valence-electron chi connectivity index (χ3n) is 2.21. The number of benzene rings is 1. The van der Waals surface area contributed by atoms with Crippen molar-refractivity contribution in [1.29, 1.82) is 0 Å². The largest absolute Gasteiger partial charge is 0.480 e. The van der Waals surface area contributed by atoms with Gasteiger partial charge in [0.15, 0.2) is 0 Å². The molecule has 0 aromatic heterocycles. The van der Waals surface area contributed by atoms with Crippen molar-refractivity contribution in [2.75, 3.05) is 0 Å². The second-order valence-corrected chi connectivity index (χ2v) is 3.67. The molecule has 1 aromatic rings. The molecule has 1 rings (SSSR count). The van der Waals surface area contributed by atoms with E-state index in [0.29, 0.717) is 11.1 Å². The van der Waals surface area contributed by atoms with Crippen LogP contribution >= 0.6 is 11.6 Å². The number of carboxylic acids is 1. The van der Waals surface area contributed by atoms with E-state index < -0.39 is 17.8 Å². The summed E-state index contributed by atoms with van der Waals surface area (Å²) in [7, 11) is 0. The summed E-state index contributed by atoms with van der Waals surface area (Å²) < 4.78 is 13.0. The molecular formula is C10H11ClFNO2. The van der Waals surface area contributed by atoms with Crippen molar-refractivity contribution >= 4 is 17.6 Å². The fraction of sp³-hybridized carbons (Fsp3) is 0.300. The van der Waals surface area contributed by atoms with Crippen molar-refractivity contribution in [1.82, 2.24) is 0 Å². The molecule has 15 heavy (non-hydrogen) atoms. The van der Waals surface area contributed by atoms with Crippen molar-refractivity contribution in [3.8, 4) is 0 Å². The normalized spacial score (nSPS) is 12.5. The Bertz CT molecular complexity index is 395. The third kappa shape index (κ3) is 2.67. The van der Waals surface area contributed by atoms with Gasteiger partial charge in [-0.05, 0) is 30.5 Å². The minimum atomic E-state index is -1.09. The van der Waals surface area contributed by atoms with Gasteiger partial charge in [0.05, 0.1) is 5.02 Å². The number of carboxylic acid groups (broad SMARTS) is 1. The lowest BCUT2D eigenvalue weighted by atomic mass is 10.0. The molecule has 0 bridgehead atoms. The summed E-state index contributed by atoms with van der Waals surface area (Å²) in [5, 5.41) is 8.64. The molecule has 0 spiro atoms. The van der Waals surface area contributed by atoms with E-state index in [1.165, 1.54) is 12.1 Å². The van der Waals surface area contributed by atoms with Gasteiger partial charge in [0.25, 0.3) is 0 Å². The van der Waals surface area contributed by atoms with Crippen LogP contribution in [0.5, 0.6) is 0 Å². The average Bonchev–Trinajstić information content (AvgIpc) is 2.18. The molecule has 5 heteroatoms. The lowest BCUT2D eigenvalue weighted by Gasteiger charge is -2.10. The molecule has 3 N–H and O–H groups in total. The van der Waals surface area contributed by atoms with Crippen LogP contribution in [-0.4, -0.2) is 17.1 Å². The molecule has 0 aliphatic heterocycles. The lowest BCUT2D eigenvalue weighted by Crippen LogP contribution is -2.32. The molecule has 3 nitrogen and oxygen atoms in total. The molecule has 0 heterocycles. The molecule has 0 fully saturated rings. The fourth-order valence-corrected chi connectivity index (χ4v) is 1.42. The third-order valence-corrected chi connectivity index (χ3v) is 2.67. The van der Waals surface area contributed by atoms with Crippen LogP contribution in [0, 0.1) is 12.7 Å². The van der Waals surface area contributed by atoms with Crippen molar-refractivity contribution in [3.05, 3.63) is 34.1 Å². The van der Waals surface area contributed by atoms with Crippen molar-refractivity contribution in [3.63, 3.8) is 0 Å². The van der Waals surface area contributed by atoms with E-state index in [4.69, 9.17) is 22.4 Å². The van der Waals surface area contributed by atoms with Gasteiger partial charge >= 0.3 is 5.97 Å². The number of hydrogen-bond donors (Lipinski definition) is 2. The average molecular weight is 232 g/mol. The van der Waals surface area contributed by atoms with Gasteiger partial charge in [-0.25, -0.2) is 4.39 Å². The summed E-state index contributed by atoms with van der Waals surface area (Å²) in [6, 6.07) is 1.71. The fourth-order valence-electron chi connectivity index (χ4n) is 1.24. The topological polar surface area (TPSA) is 63.3 Å². The Morgan fingerprint density at radius 1 is 1.67 bits per heavy atom.